The molecule has 1 N–H and O–H groups in total. The first-order chi connectivity index (χ1) is 9.54. The fourth-order valence-electron chi connectivity index (χ4n) is 1.95. The highest BCUT2D eigenvalue weighted by molar-refractivity contribution is 7.90. The number of benzene rings is 2. The van der Waals surface area contributed by atoms with Gasteiger partial charge in [0.25, 0.3) is 0 Å². The summed E-state index contributed by atoms with van der Waals surface area (Å²) in [4.78, 5) is 6.97. The quantitative estimate of drug-likeness (QED) is 0.808. The highest BCUT2D eigenvalue weighted by atomic mass is 35.5. The maximum absolute atomic E-state index is 12.3. The molecule has 0 atom stereocenters. The van der Waals surface area contributed by atoms with Crippen molar-refractivity contribution in [2.75, 3.05) is 0 Å². The van der Waals surface area contributed by atoms with E-state index in [9.17, 15) is 8.42 Å². The first kappa shape index (κ1) is 13.1. The molecule has 0 bridgehead atoms. The number of rotatable bonds is 3. The molecular formula is C14H11ClN2O2S. The molecule has 0 amide bonds. The Bertz CT molecular complexity index is 821. The van der Waals surface area contributed by atoms with Gasteiger partial charge in [0.15, 0.2) is 0 Å². The van der Waals surface area contributed by atoms with Crippen molar-refractivity contribution in [3.8, 4) is 0 Å². The highest BCUT2D eigenvalue weighted by Crippen LogP contribution is 2.19. The van der Waals surface area contributed by atoms with E-state index in [1.807, 2.05) is 12.1 Å². The van der Waals surface area contributed by atoms with E-state index in [-0.39, 0.29) is 10.9 Å². The summed E-state index contributed by atoms with van der Waals surface area (Å²) in [6, 6.07) is 14.0. The number of aromatic nitrogens is 2. The third kappa shape index (κ3) is 2.55. The van der Waals surface area contributed by atoms with Crippen molar-refractivity contribution in [3.05, 3.63) is 59.1 Å². The number of H-pyrrole nitrogens is 1. The van der Waals surface area contributed by atoms with Crippen molar-refractivity contribution in [1.82, 2.24) is 9.97 Å². The molecule has 0 unspecified atom stereocenters. The third-order valence-corrected chi connectivity index (χ3v) is 4.68. The van der Waals surface area contributed by atoms with Crippen molar-refractivity contribution < 1.29 is 8.42 Å². The molecule has 0 spiro atoms. The van der Waals surface area contributed by atoms with Crippen LogP contribution in [0, 0.1) is 0 Å². The number of aromatic amines is 1. The number of halogens is 1. The van der Waals surface area contributed by atoms with E-state index in [0.29, 0.717) is 21.6 Å². The van der Waals surface area contributed by atoms with Gasteiger partial charge in [-0.1, -0.05) is 35.9 Å². The van der Waals surface area contributed by atoms with Gasteiger partial charge in [0.05, 0.1) is 16.8 Å². The summed E-state index contributed by atoms with van der Waals surface area (Å²) in [6.45, 7) is 0. The Morgan fingerprint density at radius 2 is 1.75 bits per heavy atom. The van der Waals surface area contributed by atoms with Crippen LogP contribution in [0.3, 0.4) is 0 Å². The van der Waals surface area contributed by atoms with E-state index in [1.54, 1.807) is 36.4 Å². The Kier molecular flexibility index (Phi) is 3.23. The molecule has 0 saturated carbocycles. The standard InChI is InChI=1S/C14H11ClN2O2S/c15-11-7-5-10(6-8-11)9-20(18,19)14-16-12-3-1-2-4-13(12)17-14/h1-8H,9H2,(H,16,17). The highest BCUT2D eigenvalue weighted by Gasteiger charge is 2.19. The summed E-state index contributed by atoms with van der Waals surface area (Å²) in [5.41, 5.74) is 2.03. The molecule has 102 valence electrons. The number of hydrogen-bond acceptors (Lipinski definition) is 3. The second-order valence-corrected chi connectivity index (χ2v) is 6.79. The molecule has 1 heterocycles. The predicted octanol–water partition coefficient (Wildman–Crippen LogP) is 3.19. The lowest BCUT2D eigenvalue weighted by atomic mass is 10.2. The lowest BCUT2D eigenvalue weighted by Crippen LogP contribution is -2.06. The Hall–Kier alpha value is -1.85. The van der Waals surface area contributed by atoms with Gasteiger partial charge in [-0.15, -0.1) is 0 Å². The zero-order valence-corrected chi connectivity index (χ0v) is 11.9. The number of imidazole rings is 1. The number of nitrogens with zero attached hydrogens (tertiary/aromatic N) is 1. The van der Waals surface area contributed by atoms with Crippen LogP contribution in [-0.2, 0) is 15.6 Å². The minimum Gasteiger partial charge on any atom is -0.329 e. The molecule has 2 aromatic carbocycles. The zero-order valence-electron chi connectivity index (χ0n) is 10.4. The van der Waals surface area contributed by atoms with E-state index in [2.05, 4.69) is 9.97 Å². The molecule has 0 aliphatic carbocycles. The van der Waals surface area contributed by atoms with Gasteiger partial charge < -0.3 is 4.98 Å². The summed E-state index contributed by atoms with van der Waals surface area (Å²) in [5, 5.41) is 0.573. The van der Waals surface area contributed by atoms with Gasteiger partial charge in [-0.3, -0.25) is 0 Å². The van der Waals surface area contributed by atoms with Crippen LogP contribution in [0.15, 0.2) is 53.7 Å². The van der Waals surface area contributed by atoms with Gasteiger partial charge >= 0.3 is 0 Å². The van der Waals surface area contributed by atoms with Crippen LogP contribution in [0.4, 0.5) is 0 Å². The van der Waals surface area contributed by atoms with Crippen LogP contribution in [0.2, 0.25) is 5.02 Å². The zero-order chi connectivity index (χ0) is 14.2. The summed E-state index contributed by atoms with van der Waals surface area (Å²) in [5.74, 6) is -0.107. The third-order valence-electron chi connectivity index (χ3n) is 2.93. The van der Waals surface area contributed by atoms with Crippen molar-refractivity contribution in [2.45, 2.75) is 10.9 Å². The van der Waals surface area contributed by atoms with Gasteiger partial charge in [-0.25, -0.2) is 13.4 Å². The molecule has 3 aromatic rings. The number of sulfone groups is 1. The number of fused-ring (bicyclic) bond motifs is 1. The van der Waals surface area contributed by atoms with E-state index >= 15 is 0 Å². The molecule has 4 nitrogen and oxygen atoms in total. The molecule has 6 heteroatoms. The van der Waals surface area contributed by atoms with E-state index in [1.165, 1.54) is 0 Å². The maximum Gasteiger partial charge on any atom is 0.226 e. The Balaban J connectivity index is 1.96. The van der Waals surface area contributed by atoms with Crippen molar-refractivity contribution >= 4 is 32.5 Å². The van der Waals surface area contributed by atoms with E-state index in [4.69, 9.17) is 11.6 Å². The topological polar surface area (TPSA) is 62.8 Å². The second kappa shape index (κ2) is 4.92. The minimum absolute atomic E-state index is 0.00588. The minimum atomic E-state index is -3.50. The molecule has 0 fully saturated rings. The maximum atomic E-state index is 12.3. The Labute approximate surface area is 121 Å². The van der Waals surface area contributed by atoms with Crippen LogP contribution in [0.25, 0.3) is 11.0 Å². The lowest BCUT2D eigenvalue weighted by molar-refractivity contribution is 0.588. The number of para-hydroxylation sites is 2. The number of nitrogens with one attached hydrogen (secondary N) is 1. The predicted molar refractivity (Wildman–Crippen MR) is 78.4 cm³/mol. The van der Waals surface area contributed by atoms with Crippen molar-refractivity contribution in [3.63, 3.8) is 0 Å². The Morgan fingerprint density at radius 1 is 1.05 bits per heavy atom. The first-order valence-corrected chi connectivity index (χ1v) is 7.99. The fraction of sp³-hybridized carbons (Fsp3) is 0.0714. The molecule has 0 aliphatic rings. The summed E-state index contributed by atoms with van der Waals surface area (Å²) < 4.78 is 24.7. The van der Waals surface area contributed by atoms with Crippen molar-refractivity contribution in [2.24, 2.45) is 0 Å². The second-order valence-electron chi connectivity index (χ2n) is 4.44. The monoisotopic (exact) mass is 306 g/mol. The van der Waals surface area contributed by atoms with Gasteiger partial charge in [0.2, 0.25) is 15.0 Å². The summed E-state index contributed by atoms with van der Waals surface area (Å²) >= 11 is 5.79. The van der Waals surface area contributed by atoms with Crippen molar-refractivity contribution in [1.29, 1.82) is 0 Å². The molecule has 1 aromatic heterocycles. The summed E-state index contributed by atoms with van der Waals surface area (Å²) in [6.07, 6.45) is 0. The van der Waals surface area contributed by atoms with Gasteiger partial charge in [0, 0.05) is 5.02 Å². The molecule has 20 heavy (non-hydrogen) atoms. The largest absolute Gasteiger partial charge is 0.329 e. The molecular weight excluding hydrogens is 296 g/mol. The van der Waals surface area contributed by atoms with Crippen LogP contribution < -0.4 is 0 Å². The van der Waals surface area contributed by atoms with E-state index < -0.39 is 9.84 Å². The van der Waals surface area contributed by atoms with Crippen LogP contribution in [-0.4, -0.2) is 18.4 Å². The van der Waals surface area contributed by atoms with Gasteiger partial charge in [0.1, 0.15) is 0 Å². The summed E-state index contributed by atoms with van der Waals surface area (Å²) in [7, 11) is -3.50. The van der Waals surface area contributed by atoms with Gasteiger partial charge in [-0.05, 0) is 29.8 Å². The van der Waals surface area contributed by atoms with Crippen LogP contribution in [0.5, 0.6) is 0 Å². The SMILES string of the molecule is O=S(=O)(Cc1ccc(Cl)cc1)c1nc2ccccc2[nH]1. The van der Waals surface area contributed by atoms with E-state index in [0.717, 1.165) is 0 Å². The smallest absolute Gasteiger partial charge is 0.226 e. The Morgan fingerprint density at radius 3 is 2.45 bits per heavy atom. The molecule has 0 saturated heterocycles. The molecule has 3 rings (SSSR count). The fourth-order valence-corrected chi connectivity index (χ4v) is 3.34. The lowest BCUT2D eigenvalue weighted by Gasteiger charge is -2.01. The van der Waals surface area contributed by atoms with Gasteiger partial charge in [-0.2, -0.15) is 0 Å². The molecule has 0 radical (unpaired) electrons. The average Bonchev–Trinajstić information content (AvgIpc) is 2.86. The first-order valence-electron chi connectivity index (χ1n) is 5.96. The number of hydrogen-bond donors (Lipinski definition) is 1. The van der Waals surface area contributed by atoms with Crippen LogP contribution in [0.1, 0.15) is 5.56 Å². The normalized spacial score (nSPS) is 11.8. The molecule has 0 aliphatic heterocycles. The average molecular weight is 307 g/mol. The van der Waals surface area contributed by atoms with Crippen LogP contribution >= 0.6 is 11.6 Å².